The monoisotopic (exact) mass is 641 g/mol. The van der Waals surface area contributed by atoms with Crippen LogP contribution in [-0.2, 0) is 29.5 Å². The van der Waals surface area contributed by atoms with E-state index in [0.717, 1.165) is 16.5 Å². The minimum absolute atomic E-state index is 0.0277. The van der Waals surface area contributed by atoms with Crippen LogP contribution >= 0.6 is 0 Å². The first-order valence-corrected chi connectivity index (χ1v) is 15.7. The number of likely N-dealkylation sites (N-methyl/N-ethyl adjacent to an activating group) is 1. The maximum atomic E-state index is 13.6. The number of benzene rings is 3. The molecule has 1 aliphatic rings. The van der Waals surface area contributed by atoms with Crippen molar-refractivity contribution in [2.45, 2.75) is 38.8 Å². The van der Waals surface area contributed by atoms with Crippen LogP contribution in [0.15, 0.2) is 72.9 Å². The van der Waals surface area contributed by atoms with Crippen LogP contribution in [-0.4, -0.2) is 83.3 Å². The van der Waals surface area contributed by atoms with Crippen molar-refractivity contribution in [2.24, 2.45) is 13.0 Å². The normalized spacial score (nSPS) is 17.1. The van der Waals surface area contributed by atoms with E-state index in [1.54, 1.807) is 73.3 Å². The van der Waals surface area contributed by atoms with E-state index < -0.39 is 12.1 Å². The number of para-hydroxylation sites is 1. The van der Waals surface area contributed by atoms with E-state index in [-0.39, 0.29) is 49.8 Å². The summed E-state index contributed by atoms with van der Waals surface area (Å²) in [5, 5.41) is 16.9. The van der Waals surface area contributed by atoms with Crippen molar-refractivity contribution in [1.29, 1.82) is 0 Å². The largest absolute Gasteiger partial charge is 0.497 e. The van der Waals surface area contributed by atoms with Gasteiger partial charge in [-0.3, -0.25) is 9.59 Å². The fraction of sp³-hybridized carbons (Fsp3) is 0.361. The van der Waals surface area contributed by atoms with E-state index in [1.165, 1.54) is 0 Å². The number of aliphatic hydroxyl groups excluding tert-OH is 1. The smallest absolute Gasteiger partial charge is 0.321 e. The molecule has 248 valence electrons. The summed E-state index contributed by atoms with van der Waals surface area (Å²) in [5.74, 6) is 0.670. The number of hydrogen-bond donors (Lipinski definition) is 3. The fourth-order valence-corrected chi connectivity index (χ4v) is 5.92. The highest BCUT2D eigenvalue weighted by Gasteiger charge is 2.32. The predicted molar refractivity (Wildman–Crippen MR) is 182 cm³/mol. The van der Waals surface area contributed by atoms with Gasteiger partial charge in [0.05, 0.1) is 39.1 Å². The molecule has 1 aromatic heterocycles. The number of rotatable bonds is 9. The molecule has 47 heavy (non-hydrogen) atoms. The van der Waals surface area contributed by atoms with Gasteiger partial charge in [0.15, 0.2) is 0 Å². The van der Waals surface area contributed by atoms with Gasteiger partial charge in [0.25, 0.3) is 0 Å². The topological polar surface area (TPSA) is 125 Å². The van der Waals surface area contributed by atoms with E-state index in [0.29, 0.717) is 35.0 Å². The molecule has 11 heteroatoms. The van der Waals surface area contributed by atoms with Gasteiger partial charge in [-0.15, -0.1) is 0 Å². The summed E-state index contributed by atoms with van der Waals surface area (Å²) in [6.07, 6.45) is 1.71. The van der Waals surface area contributed by atoms with Crippen LogP contribution in [0.4, 0.5) is 16.2 Å². The molecule has 4 amide bonds. The number of amides is 4. The number of ether oxygens (including phenoxy) is 2. The van der Waals surface area contributed by atoms with Crippen LogP contribution in [0.5, 0.6) is 11.5 Å². The van der Waals surface area contributed by atoms with Gasteiger partial charge in [0.1, 0.15) is 17.6 Å². The minimum Gasteiger partial charge on any atom is -0.497 e. The SMILES string of the molecule is COc1ccc(NC(=O)N(C)C[C@H]2Oc3ccc(NC(=O)Cc4cn(C)c5ccccc45)cc3CC(=O)N([C@H](C)CO)C[C@H]2C)cc1. The average Bonchev–Trinajstić information content (AvgIpc) is 3.39. The Kier molecular flexibility index (Phi) is 10.4. The molecule has 1 aliphatic heterocycles. The van der Waals surface area contributed by atoms with Gasteiger partial charge >= 0.3 is 6.03 Å². The summed E-state index contributed by atoms with van der Waals surface area (Å²) in [6.45, 7) is 4.16. The predicted octanol–water partition coefficient (Wildman–Crippen LogP) is 4.68. The summed E-state index contributed by atoms with van der Waals surface area (Å²) in [5.41, 5.74) is 3.76. The standard InChI is InChI=1S/C36H43N5O6/c1-23-19-41(24(2)22-42)35(44)18-25-16-28(37-34(43)17-26-20-39(3)31-9-7-6-8-30(26)31)12-15-32(25)47-33(23)21-40(4)36(45)38-27-10-13-29(46-5)14-11-27/h6-16,20,23-24,33,42H,17-19,21-22H2,1-5H3,(H,37,43)(H,38,45)/t23-,24-,33-/m1/s1. The number of nitrogens with one attached hydrogen (secondary N) is 2. The van der Waals surface area contributed by atoms with Gasteiger partial charge in [0.2, 0.25) is 11.8 Å². The number of urea groups is 1. The van der Waals surface area contributed by atoms with Gasteiger partial charge in [0, 0.05) is 60.6 Å². The lowest BCUT2D eigenvalue weighted by atomic mass is 10.0. The highest BCUT2D eigenvalue weighted by molar-refractivity contribution is 5.96. The summed E-state index contributed by atoms with van der Waals surface area (Å²) in [7, 11) is 5.23. The van der Waals surface area contributed by atoms with Gasteiger partial charge in [-0.05, 0) is 61.0 Å². The summed E-state index contributed by atoms with van der Waals surface area (Å²) in [4.78, 5) is 43.1. The third kappa shape index (κ3) is 7.86. The number of aliphatic hydroxyl groups is 1. The highest BCUT2D eigenvalue weighted by atomic mass is 16.5. The molecule has 0 saturated carbocycles. The van der Waals surface area contributed by atoms with Gasteiger partial charge in [-0.2, -0.15) is 0 Å². The van der Waals surface area contributed by atoms with Crippen molar-refractivity contribution in [3.05, 3.63) is 84.1 Å². The lowest BCUT2D eigenvalue weighted by Gasteiger charge is -2.34. The maximum Gasteiger partial charge on any atom is 0.321 e. The third-order valence-corrected chi connectivity index (χ3v) is 8.67. The molecule has 3 aromatic carbocycles. The van der Waals surface area contributed by atoms with Crippen molar-refractivity contribution < 1.29 is 29.0 Å². The molecule has 4 aromatic rings. The number of carbonyl (C=O) groups is 3. The second-order valence-electron chi connectivity index (χ2n) is 12.3. The molecule has 0 spiro atoms. The van der Waals surface area contributed by atoms with Crippen molar-refractivity contribution in [3.8, 4) is 11.5 Å². The van der Waals surface area contributed by atoms with Crippen molar-refractivity contribution in [1.82, 2.24) is 14.4 Å². The molecule has 11 nitrogen and oxygen atoms in total. The Morgan fingerprint density at radius 2 is 1.81 bits per heavy atom. The number of aromatic nitrogens is 1. The number of nitrogens with zero attached hydrogens (tertiary/aromatic N) is 3. The molecule has 3 atom stereocenters. The zero-order valence-corrected chi connectivity index (χ0v) is 27.5. The number of aryl methyl sites for hydroxylation is 1. The molecule has 5 rings (SSSR count). The van der Waals surface area contributed by atoms with Crippen molar-refractivity contribution in [3.63, 3.8) is 0 Å². The zero-order chi connectivity index (χ0) is 33.7. The van der Waals surface area contributed by atoms with E-state index >= 15 is 0 Å². The average molecular weight is 642 g/mol. The molecule has 0 radical (unpaired) electrons. The Balaban J connectivity index is 1.35. The van der Waals surface area contributed by atoms with Gasteiger partial charge < -0.3 is 39.6 Å². The van der Waals surface area contributed by atoms with Crippen LogP contribution in [0.3, 0.4) is 0 Å². The molecular weight excluding hydrogens is 598 g/mol. The Morgan fingerprint density at radius 1 is 1.09 bits per heavy atom. The molecule has 0 aliphatic carbocycles. The fourth-order valence-electron chi connectivity index (χ4n) is 5.92. The van der Waals surface area contributed by atoms with Crippen LogP contribution < -0.4 is 20.1 Å². The van der Waals surface area contributed by atoms with E-state index in [2.05, 4.69) is 10.6 Å². The first kappa shape index (κ1) is 33.3. The molecule has 3 N–H and O–H groups in total. The Bertz CT molecular complexity index is 1740. The minimum atomic E-state index is -0.480. The summed E-state index contributed by atoms with van der Waals surface area (Å²) in [6, 6.07) is 19.6. The van der Waals surface area contributed by atoms with E-state index in [4.69, 9.17) is 9.47 Å². The zero-order valence-electron chi connectivity index (χ0n) is 27.5. The molecule has 2 heterocycles. The molecule has 0 fully saturated rings. The first-order valence-electron chi connectivity index (χ1n) is 15.7. The highest BCUT2D eigenvalue weighted by Crippen LogP contribution is 2.30. The lowest BCUT2D eigenvalue weighted by Crippen LogP contribution is -2.48. The van der Waals surface area contributed by atoms with Crippen LogP contribution in [0.2, 0.25) is 0 Å². The number of anilines is 2. The number of fused-ring (bicyclic) bond motifs is 2. The Hall–Kier alpha value is -5.03. The van der Waals surface area contributed by atoms with E-state index in [9.17, 15) is 19.5 Å². The van der Waals surface area contributed by atoms with E-state index in [1.807, 2.05) is 49.0 Å². The van der Waals surface area contributed by atoms with Crippen LogP contribution in [0.1, 0.15) is 25.0 Å². The summed E-state index contributed by atoms with van der Waals surface area (Å²) < 4.78 is 13.8. The number of carbonyl (C=O) groups excluding carboxylic acids is 3. The molecule has 0 saturated heterocycles. The maximum absolute atomic E-state index is 13.6. The third-order valence-electron chi connectivity index (χ3n) is 8.67. The van der Waals surface area contributed by atoms with Crippen molar-refractivity contribution in [2.75, 3.05) is 44.5 Å². The molecular formula is C36H43N5O6. The van der Waals surface area contributed by atoms with Crippen LogP contribution in [0, 0.1) is 5.92 Å². The second-order valence-corrected chi connectivity index (χ2v) is 12.3. The lowest BCUT2D eigenvalue weighted by molar-refractivity contribution is -0.134. The number of hydrogen-bond acceptors (Lipinski definition) is 6. The Labute approximate surface area is 275 Å². The van der Waals surface area contributed by atoms with Crippen molar-refractivity contribution >= 4 is 40.1 Å². The number of methoxy groups -OCH3 is 1. The van der Waals surface area contributed by atoms with Gasteiger partial charge in [-0.25, -0.2) is 4.79 Å². The molecule has 0 unspecified atom stereocenters. The quantitative estimate of drug-likeness (QED) is 0.244. The Morgan fingerprint density at radius 3 is 2.53 bits per heavy atom. The second kappa shape index (κ2) is 14.6. The summed E-state index contributed by atoms with van der Waals surface area (Å²) >= 11 is 0. The van der Waals surface area contributed by atoms with Gasteiger partial charge in [-0.1, -0.05) is 25.1 Å². The molecule has 0 bridgehead atoms. The first-order chi connectivity index (χ1) is 22.6. The van der Waals surface area contributed by atoms with Crippen LogP contribution in [0.25, 0.3) is 10.9 Å².